The van der Waals surface area contributed by atoms with E-state index in [0.29, 0.717) is 21.5 Å². The van der Waals surface area contributed by atoms with Crippen LogP contribution in [0.15, 0.2) is 24.3 Å². The summed E-state index contributed by atoms with van der Waals surface area (Å²) in [6, 6.07) is 6.83. The van der Waals surface area contributed by atoms with Crippen molar-refractivity contribution in [1.82, 2.24) is 10.6 Å². The number of benzene rings is 1. The molecule has 2 fully saturated rings. The average Bonchev–Trinajstić information content (AvgIpc) is 3.15. The molecule has 2 aliphatic carbocycles. The van der Waals surface area contributed by atoms with Crippen LogP contribution < -0.4 is 10.6 Å². The summed E-state index contributed by atoms with van der Waals surface area (Å²) in [5, 5.41) is 7.40. The van der Waals surface area contributed by atoms with Crippen LogP contribution >= 0.6 is 11.6 Å². The summed E-state index contributed by atoms with van der Waals surface area (Å²) in [4.78, 5) is 12.1. The Morgan fingerprint density at radius 2 is 1.79 bits per heavy atom. The Hall–Kier alpha value is -0.900. The molecule has 4 atom stereocenters. The van der Waals surface area contributed by atoms with Crippen molar-refractivity contribution in [3.8, 4) is 0 Å². The van der Waals surface area contributed by atoms with Crippen LogP contribution in [0.25, 0.3) is 0 Å². The molecule has 0 aliphatic heterocycles. The molecule has 2 N–H and O–H groups in total. The molecule has 3 nitrogen and oxygen atoms in total. The molecule has 2 saturated carbocycles. The standard InChI is InChI=1S/C13H18ClNO.C11H21N/c1-9(15-13(2,3)4)12(16)10-6-5-7-11(14)8-10;1-10(2)8-5-6-9(7-8)11(10,3)12-4/h5-9,15H,1-4H3;8-9,12H,5-7H2,1-4H3. The lowest BCUT2D eigenvalue weighted by molar-refractivity contribution is 0.0732. The molecule has 2 bridgehead atoms. The highest BCUT2D eigenvalue weighted by Crippen LogP contribution is 2.60. The van der Waals surface area contributed by atoms with Crippen LogP contribution in [0.3, 0.4) is 0 Å². The van der Waals surface area contributed by atoms with Gasteiger partial charge in [0.2, 0.25) is 0 Å². The summed E-state index contributed by atoms with van der Waals surface area (Å²) < 4.78 is 0. The number of Topliss-reactive ketones (excluding diaryl/α,β-unsaturated/α-hetero) is 1. The number of fused-ring (bicyclic) bond motifs is 2. The molecule has 0 radical (unpaired) electrons. The van der Waals surface area contributed by atoms with Crippen LogP contribution in [-0.2, 0) is 0 Å². The van der Waals surface area contributed by atoms with Crippen LogP contribution in [-0.4, -0.2) is 30.0 Å². The van der Waals surface area contributed by atoms with E-state index in [1.54, 1.807) is 24.3 Å². The molecule has 3 rings (SSSR count). The van der Waals surface area contributed by atoms with Crippen LogP contribution in [0.1, 0.15) is 78.1 Å². The van der Waals surface area contributed by atoms with E-state index >= 15 is 0 Å². The van der Waals surface area contributed by atoms with Crippen molar-refractivity contribution >= 4 is 17.4 Å². The zero-order valence-electron chi connectivity index (χ0n) is 18.9. The van der Waals surface area contributed by atoms with Crippen molar-refractivity contribution < 1.29 is 4.79 Å². The first-order valence-corrected chi connectivity index (χ1v) is 11.0. The molecule has 0 saturated heterocycles. The second kappa shape index (κ2) is 8.45. The summed E-state index contributed by atoms with van der Waals surface area (Å²) in [7, 11) is 2.13. The number of rotatable bonds is 4. The highest BCUT2D eigenvalue weighted by molar-refractivity contribution is 6.31. The van der Waals surface area contributed by atoms with Crippen LogP contribution in [0.4, 0.5) is 0 Å². The Bertz CT molecular complexity index is 694. The van der Waals surface area contributed by atoms with Crippen molar-refractivity contribution in [2.45, 2.75) is 84.8 Å². The Morgan fingerprint density at radius 3 is 2.21 bits per heavy atom. The first-order valence-electron chi connectivity index (χ1n) is 10.6. The largest absolute Gasteiger partial charge is 0.314 e. The maximum absolute atomic E-state index is 12.1. The van der Waals surface area contributed by atoms with Gasteiger partial charge in [-0.15, -0.1) is 0 Å². The monoisotopic (exact) mass is 406 g/mol. The lowest BCUT2D eigenvalue weighted by Crippen LogP contribution is -2.55. The highest BCUT2D eigenvalue weighted by Gasteiger charge is 2.59. The van der Waals surface area contributed by atoms with Gasteiger partial charge < -0.3 is 10.6 Å². The molecular weight excluding hydrogens is 368 g/mol. The second-order valence-electron chi connectivity index (χ2n) is 10.4. The van der Waals surface area contributed by atoms with Crippen LogP contribution in [0.2, 0.25) is 5.02 Å². The molecule has 28 heavy (non-hydrogen) atoms. The number of nitrogens with one attached hydrogen (secondary N) is 2. The first-order chi connectivity index (χ1) is 12.8. The lowest BCUT2D eigenvalue weighted by atomic mass is 9.64. The molecule has 0 spiro atoms. The van der Waals surface area contributed by atoms with E-state index in [1.807, 2.05) is 27.7 Å². The lowest BCUT2D eigenvalue weighted by Gasteiger charge is -2.47. The van der Waals surface area contributed by atoms with Crippen molar-refractivity contribution in [3.63, 3.8) is 0 Å². The van der Waals surface area contributed by atoms with Gasteiger partial charge in [0.15, 0.2) is 5.78 Å². The van der Waals surface area contributed by atoms with E-state index < -0.39 is 0 Å². The third-order valence-electron chi connectivity index (χ3n) is 7.28. The normalized spacial score (nSPS) is 29.2. The van der Waals surface area contributed by atoms with Gasteiger partial charge in [0.25, 0.3) is 0 Å². The van der Waals surface area contributed by atoms with Crippen molar-refractivity contribution in [3.05, 3.63) is 34.9 Å². The van der Waals surface area contributed by atoms with Crippen molar-refractivity contribution in [1.29, 1.82) is 0 Å². The fourth-order valence-electron chi connectivity index (χ4n) is 5.24. The van der Waals surface area contributed by atoms with Gasteiger partial charge in [-0.1, -0.05) is 37.6 Å². The zero-order valence-corrected chi connectivity index (χ0v) is 19.7. The smallest absolute Gasteiger partial charge is 0.179 e. The molecule has 4 unspecified atom stereocenters. The molecular formula is C24H39ClN2O. The van der Waals surface area contributed by atoms with Gasteiger partial charge >= 0.3 is 0 Å². The number of carbonyl (C=O) groups is 1. The predicted molar refractivity (Wildman–Crippen MR) is 120 cm³/mol. The van der Waals surface area contributed by atoms with Gasteiger partial charge in [-0.05, 0) is 90.3 Å². The number of hydrogen-bond donors (Lipinski definition) is 2. The van der Waals surface area contributed by atoms with Crippen LogP contribution in [0.5, 0.6) is 0 Å². The molecule has 0 heterocycles. The first kappa shape index (κ1) is 23.4. The SMILES string of the molecule is CC(NC(C)(C)C)C(=O)c1cccc(Cl)c1.CNC1(C)C2CCC(C2)C1(C)C. The molecule has 0 aromatic heterocycles. The number of carbonyl (C=O) groups excluding carboxylic acids is 1. The van der Waals surface area contributed by atoms with Gasteiger partial charge in [0, 0.05) is 21.7 Å². The summed E-state index contributed by atoms with van der Waals surface area (Å²) in [6.45, 7) is 15.3. The van der Waals surface area contributed by atoms with E-state index in [2.05, 4.69) is 38.5 Å². The van der Waals surface area contributed by atoms with Crippen LogP contribution in [0, 0.1) is 17.3 Å². The Balaban J connectivity index is 0.000000207. The Morgan fingerprint density at radius 1 is 1.18 bits per heavy atom. The second-order valence-corrected chi connectivity index (χ2v) is 10.8. The fourth-order valence-corrected chi connectivity index (χ4v) is 5.43. The number of halogens is 1. The van der Waals surface area contributed by atoms with E-state index in [0.717, 1.165) is 11.8 Å². The van der Waals surface area contributed by atoms with Crippen molar-refractivity contribution in [2.75, 3.05) is 7.05 Å². The quantitative estimate of drug-likeness (QED) is 0.628. The maximum Gasteiger partial charge on any atom is 0.179 e. The van der Waals surface area contributed by atoms with Gasteiger partial charge in [0.05, 0.1) is 6.04 Å². The summed E-state index contributed by atoms with van der Waals surface area (Å²) >= 11 is 5.85. The topological polar surface area (TPSA) is 41.1 Å². The highest BCUT2D eigenvalue weighted by atomic mass is 35.5. The van der Waals surface area contributed by atoms with E-state index in [-0.39, 0.29) is 17.4 Å². The molecule has 4 heteroatoms. The Labute approximate surface area is 177 Å². The summed E-state index contributed by atoms with van der Waals surface area (Å²) in [5.74, 6) is 1.97. The predicted octanol–water partition coefficient (Wildman–Crippen LogP) is 5.72. The van der Waals surface area contributed by atoms with E-state index in [9.17, 15) is 4.79 Å². The minimum absolute atomic E-state index is 0.0671. The summed E-state index contributed by atoms with van der Waals surface area (Å²) in [5.41, 5.74) is 1.48. The minimum Gasteiger partial charge on any atom is -0.314 e. The molecule has 1 aromatic carbocycles. The third-order valence-corrected chi connectivity index (χ3v) is 7.51. The average molecular weight is 407 g/mol. The molecule has 2 aliphatic rings. The maximum atomic E-state index is 12.1. The fraction of sp³-hybridized carbons (Fsp3) is 0.708. The summed E-state index contributed by atoms with van der Waals surface area (Å²) in [6.07, 6.45) is 4.38. The van der Waals surface area contributed by atoms with E-state index in [4.69, 9.17) is 11.6 Å². The third kappa shape index (κ3) is 4.80. The molecule has 1 aromatic rings. The molecule has 158 valence electrons. The van der Waals surface area contributed by atoms with Gasteiger partial charge in [-0.25, -0.2) is 0 Å². The van der Waals surface area contributed by atoms with Gasteiger partial charge in [0.1, 0.15) is 0 Å². The number of ketones is 1. The van der Waals surface area contributed by atoms with Gasteiger partial charge in [-0.3, -0.25) is 4.79 Å². The Kier molecular flexibility index (Phi) is 7.06. The number of hydrogen-bond acceptors (Lipinski definition) is 3. The van der Waals surface area contributed by atoms with Crippen molar-refractivity contribution in [2.24, 2.45) is 17.3 Å². The van der Waals surface area contributed by atoms with E-state index in [1.165, 1.54) is 19.3 Å². The van der Waals surface area contributed by atoms with Gasteiger partial charge in [-0.2, -0.15) is 0 Å². The molecule has 0 amide bonds. The zero-order chi connectivity index (χ0) is 21.3. The minimum atomic E-state index is -0.210.